The quantitative estimate of drug-likeness (QED) is 0.922. The number of thiazole rings is 1. The summed E-state index contributed by atoms with van der Waals surface area (Å²) in [6.07, 6.45) is 2.48. The molecule has 0 atom stereocenters. The third-order valence-electron chi connectivity index (χ3n) is 2.96. The average Bonchev–Trinajstić information content (AvgIpc) is 2.81. The highest BCUT2D eigenvalue weighted by molar-refractivity contribution is 7.15. The van der Waals surface area contributed by atoms with Crippen LogP contribution in [0.4, 0.5) is 0 Å². The van der Waals surface area contributed by atoms with Crippen molar-refractivity contribution in [3.05, 3.63) is 34.3 Å². The summed E-state index contributed by atoms with van der Waals surface area (Å²) in [5.41, 5.74) is 3.46. The number of nitrogens with zero attached hydrogens (tertiary/aromatic N) is 1. The van der Waals surface area contributed by atoms with Crippen LogP contribution >= 0.6 is 11.3 Å². The number of benzene rings is 1. The van der Waals surface area contributed by atoms with Gasteiger partial charge in [0.05, 0.1) is 12.7 Å². The van der Waals surface area contributed by atoms with Crippen LogP contribution < -0.4 is 4.74 Å². The number of methoxy groups -OCH3 is 1. The molecule has 96 valence electrons. The summed E-state index contributed by atoms with van der Waals surface area (Å²) in [5.74, 6) is 0.850. The second kappa shape index (κ2) is 5.50. The van der Waals surface area contributed by atoms with Crippen LogP contribution in [0.3, 0.4) is 0 Å². The maximum atomic E-state index is 8.93. The van der Waals surface area contributed by atoms with Gasteiger partial charge in [-0.05, 0) is 37.1 Å². The van der Waals surface area contributed by atoms with Gasteiger partial charge in [-0.3, -0.25) is 0 Å². The van der Waals surface area contributed by atoms with E-state index < -0.39 is 0 Å². The molecule has 18 heavy (non-hydrogen) atoms. The van der Waals surface area contributed by atoms with E-state index in [2.05, 4.69) is 24.9 Å². The number of aliphatic hydroxyl groups is 1. The average molecular weight is 263 g/mol. The van der Waals surface area contributed by atoms with E-state index >= 15 is 0 Å². The molecule has 0 radical (unpaired) electrons. The third kappa shape index (κ3) is 2.54. The highest BCUT2D eigenvalue weighted by Gasteiger charge is 2.12. The predicted octanol–water partition coefficient (Wildman–Crippen LogP) is 2.97. The smallest absolute Gasteiger partial charge is 0.129 e. The minimum absolute atomic E-state index is 0.158. The van der Waals surface area contributed by atoms with Crippen LogP contribution in [0.1, 0.15) is 16.0 Å². The molecule has 3 nitrogen and oxygen atoms in total. The van der Waals surface area contributed by atoms with Crippen molar-refractivity contribution in [3.63, 3.8) is 0 Å². The Morgan fingerprint density at radius 3 is 2.67 bits per heavy atom. The molecule has 0 aliphatic rings. The number of hydrogen-bond donors (Lipinski definition) is 1. The summed E-state index contributed by atoms with van der Waals surface area (Å²) in [4.78, 5) is 5.50. The summed E-state index contributed by atoms with van der Waals surface area (Å²) < 4.78 is 5.42. The molecule has 0 amide bonds. The standard InChI is InChI=1S/C14H17NO2S/c1-9-6-12(13(17-3)7-10(9)2)14-15-8-11(18-14)4-5-16/h6-8,16H,4-5H2,1-3H3. The number of rotatable bonds is 4. The SMILES string of the molecule is COc1cc(C)c(C)cc1-c1ncc(CCO)s1. The molecule has 4 heteroatoms. The molecule has 0 aliphatic heterocycles. The van der Waals surface area contributed by atoms with E-state index in [1.54, 1.807) is 18.4 Å². The van der Waals surface area contributed by atoms with Crippen LogP contribution in [0.5, 0.6) is 5.75 Å². The molecule has 0 spiro atoms. The van der Waals surface area contributed by atoms with Gasteiger partial charge in [-0.15, -0.1) is 11.3 Å². The van der Waals surface area contributed by atoms with Crippen LogP contribution in [0.15, 0.2) is 18.3 Å². The zero-order chi connectivity index (χ0) is 13.1. The molecule has 0 saturated carbocycles. The maximum absolute atomic E-state index is 8.93. The van der Waals surface area contributed by atoms with E-state index in [4.69, 9.17) is 9.84 Å². The van der Waals surface area contributed by atoms with Crippen LogP contribution in [0, 0.1) is 13.8 Å². The Balaban J connectivity index is 2.45. The van der Waals surface area contributed by atoms with Crippen molar-refractivity contribution >= 4 is 11.3 Å². The zero-order valence-electron chi connectivity index (χ0n) is 10.9. The molecule has 1 N–H and O–H groups in total. The van der Waals surface area contributed by atoms with E-state index in [-0.39, 0.29) is 6.61 Å². The normalized spacial score (nSPS) is 10.7. The highest BCUT2D eigenvalue weighted by Crippen LogP contribution is 2.35. The minimum Gasteiger partial charge on any atom is -0.496 e. The summed E-state index contributed by atoms with van der Waals surface area (Å²) in [6, 6.07) is 4.15. The van der Waals surface area contributed by atoms with Gasteiger partial charge in [0.1, 0.15) is 10.8 Å². The second-order valence-electron chi connectivity index (χ2n) is 4.24. The summed E-state index contributed by atoms with van der Waals surface area (Å²) in [6.45, 7) is 4.31. The largest absolute Gasteiger partial charge is 0.496 e. The maximum Gasteiger partial charge on any atom is 0.129 e. The van der Waals surface area contributed by atoms with Crippen molar-refractivity contribution in [2.45, 2.75) is 20.3 Å². The van der Waals surface area contributed by atoms with Crippen molar-refractivity contribution in [1.29, 1.82) is 0 Å². The summed E-state index contributed by atoms with van der Waals surface area (Å²) in [7, 11) is 1.68. The Morgan fingerprint density at radius 1 is 1.28 bits per heavy atom. The molecule has 0 bridgehead atoms. The molecule has 0 unspecified atom stereocenters. The van der Waals surface area contributed by atoms with Gasteiger partial charge in [0.25, 0.3) is 0 Å². The van der Waals surface area contributed by atoms with Gasteiger partial charge in [-0.1, -0.05) is 0 Å². The van der Waals surface area contributed by atoms with Gasteiger partial charge in [0, 0.05) is 24.1 Å². The monoisotopic (exact) mass is 263 g/mol. The van der Waals surface area contributed by atoms with E-state index in [0.717, 1.165) is 21.2 Å². The molecule has 0 fully saturated rings. The van der Waals surface area contributed by atoms with Gasteiger partial charge in [0.15, 0.2) is 0 Å². The van der Waals surface area contributed by atoms with E-state index in [1.165, 1.54) is 11.1 Å². The highest BCUT2D eigenvalue weighted by atomic mass is 32.1. The van der Waals surface area contributed by atoms with Crippen LogP contribution in [0.2, 0.25) is 0 Å². The lowest BCUT2D eigenvalue weighted by Crippen LogP contribution is -1.91. The Labute approximate surface area is 111 Å². The molecule has 1 heterocycles. The topological polar surface area (TPSA) is 42.4 Å². The van der Waals surface area contributed by atoms with Crippen molar-refractivity contribution in [2.75, 3.05) is 13.7 Å². The van der Waals surface area contributed by atoms with Crippen molar-refractivity contribution in [1.82, 2.24) is 4.98 Å². The number of aliphatic hydroxyl groups excluding tert-OH is 1. The van der Waals surface area contributed by atoms with E-state index in [1.807, 2.05) is 12.3 Å². The lowest BCUT2D eigenvalue weighted by Gasteiger charge is -2.09. The molecule has 0 saturated heterocycles. The molecule has 2 rings (SSSR count). The van der Waals surface area contributed by atoms with Gasteiger partial charge >= 0.3 is 0 Å². The van der Waals surface area contributed by atoms with Gasteiger partial charge < -0.3 is 9.84 Å². The number of aromatic nitrogens is 1. The number of ether oxygens (including phenoxy) is 1. The summed E-state index contributed by atoms with van der Waals surface area (Å²) in [5, 5.41) is 9.88. The minimum atomic E-state index is 0.158. The summed E-state index contributed by atoms with van der Waals surface area (Å²) >= 11 is 1.60. The fourth-order valence-electron chi connectivity index (χ4n) is 1.78. The number of aryl methyl sites for hydroxylation is 2. The predicted molar refractivity (Wildman–Crippen MR) is 74.4 cm³/mol. The fourth-order valence-corrected chi connectivity index (χ4v) is 2.71. The Morgan fingerprint density at radius 2 is 2.00 bits per heavy atom. The first kappa shape index (κ1) is 13.1. The lowest BCUT2D eigenvalue weighted by molar-refractivity contribution is 0.300. The Hall–Kier alpha value is -1.39. The van der Waals surface area contributed by atoms with Gasteiger partial charge in [-0.2, -0.15) is 0 Å². The number of hydrogen-bond acceptors (Lipinski definition) is 4. The Kier molecular flexibility index (Phi) is 3.99. The van der Waals surface area contributed by atoms with E-state index in [0.29, 0.717) is 6.42 Å². The zero-order valence-corrected chi connectivity index (χ0v) is 11.7. The van der Waals surface area contributed by atoms with Crippen LogP contribution in [-0.4, -0.2) is 23.8 Å². The first-order chi connectivity index (χ1) is 8.65. The molecular weight excluding hydrogens is 246 g/mol. The first-order valence-corrected chi connectivity index (χ1v) is 6.68. The third-order valence-corrected chi connectivity index (χ3v) is 4.05. The Bertz CT molecular complexity index is 549. The molecule has 1 aromatic carbocycles. The van der Waals surface area contributed by atoms with Crippen LogP contribution in [0.25, 0.3) is 10.6 Å². The fraction of sp³-hybridized carbons (Fsp3) is 0.357. The van der Waals surface area contributed by atoms with Crippen molar-refractivity contribution < 1.29 is 9.84 Å². The molecular formula is C14H17NO2S. The molecule has 2 aromatic rings. The van der Waals surface area contributed by atoms with Crippen molar-refractivity contribution in [2.24, 2.45) is 0 Å². The van der Waals surface area contributed by atoms with Gasteiger partial charge in [-0.25, -0.2) is 4.98 Å². The first-order valence-electron chi connectivity index (χ1n) is 5.87. The van der Waals surface area contributed by atoms with Gasteiger partial charge in [0.2, 0.25) is 0 Å². The second-order valence-corrected chi connectivity index (χ2v) is 5.36. The van der Waals surface area contributed by atoms with E-state index in [9.17, 15) is 0 Å². The molecule has 1 aromatic heterocycles. The molecule has 0 aliphatic carbocycles. The lowest BCUT2D eigenvalue weighted by atomic mass is 10.1. The van der Waals surface area contributed by atoms with Crippen molar-refractivity contribution in [3.8, 4) is 16.3 Å². The van der Waals surface area contributed by atoms with Crippen LogP contribution in [-0.2, 0) is 6.42 Å².